The molecule has 0 N–H and O–H groups in total. The number of rotatable bonds is 6. The number of aromatic nitrogens is 4. The molecule has 0 radical (unpaired) electrons. The first-order valence-electron chi connectivity index (χ1n) is 6.67. The van der Waals surface area contributed by atoms with Crippen molar-refractivity contribution in [3.05, 3.63) is 11.5 Å². The van der Waals surface area contributed by atoms with Crippen molar-refractivity contribution in [1.82, 2.24) is 19.3 Å². The van der Waals surface area contributed by atoms with Crippen molar-refractivity contribution in [3.8, 4) is 0 Å². The third-order valence-corrected chi connectivity index (χ3v) is 3.35. The van der Waals surface area contributed by atoms with E-state index in [1.54, 1.807) is 0 Å². The van der Waals surface area contributed by atoms with Crippen molar-refractivity contribution in [2.45, 2.75) is 39.1 Å². The van der Waals surface area contributed by atoms with Crippen LogP contribution < -0.4 is 0 Å². The third-order valence-electron chi connectivity index (χ3n) is 3.15. The van der Waals surface area contributed by atoms with E-state index < -0.39 is 0 Å². The van der Waals surface area contributed by atoms with Gasteiger partial charge in [0.1, 0.15) is 11.3 Å². The molecule has 6 heteroatoms. The lowest BCUT2D eigenvalue weighted by atomic mass is 10.4. The molecule has 19 heavy (non-hydrogen) atoms. The zero-order valence-corrected chi connectivity index (χ0v) is 12.7. The molecule has 5 nitrogen and oxygen atoms in total. The normalized spacial score (nSPS) is 13.3. The van der Waals surface area contributed by atoms with Gasteiger partial charge >= 0.3 is 0 Å². The summed E-state index contributed by atoms with van der Waals surface area (Å²) in [5, 5.41) is 4.30. The quantitative estimate of drug-likeness (QED) is 0.605. The van der Waals surface area contributed by atoms with Crippen LogP contribution in [-0.2, 0) is 18.3 Å². The first-order valence-corrected chi connectivity index (χ1v) is 7.11. The first-order chi connectivity index (χ1) is 9.06. The Bertz CT molecular complexity index is 558. The molecule has 0 aliphatic rings. The Morgan fingerprint density at radius 3 is 2.79 bits per heavy atom. The Morgan fingerprint density at radius 2 is 2.16 bits per heavy atom. The molecule has 0 saturated carbocycles. The van der Waals surface area contributed by atoms with Gasteiger partial charge in [0.05, 0.1) is 11.1 Å². The van der Waals surface area contributed by atoms with E-state index in [1.165, 1.54) is 0 Å². The second-order valence-corrected chi connectivity index (χ2v) is 5.32. The van der Waals surface area contributed by atoms with Gasteiger partial charge in [-0.05, 0) is 27.2 Å². The average Bonchev–Trinajstić information content (AvgIpc) is 2.85. The molecule has 2 heterocycles. The van der Waals surface area contributed by atoms with E-state index in [2.05, 4.69) is 14.6 Å². The largest absolute Gasteiger partial charge is 0.382 e. The maximum atomic E-state index is 6.24. The van der Waals surface area contributed by atoms with Crippen molar-refractivity contribution in [3.63, 3.8) is 0 Å². The van der Waals surface area contributed by atoms with Crippen LogP contribution >= 0.6 is 11.6 Å². The molecule has 0 aliphatic heterocycles. The van der Waals surface area contributed by atoms with Gasteiger partial charge in [-0.2, -0.15) is 5.10 Å². The molecule has 0 bridgehead atoms. The Balaban J connectivity index is 2.34. The smallest absolute Gasteiger partial charge is 0.158 e. The molecular weight excluding hydrogens is 264 g/mol. The van der Waals surface area contributed by atoms with Gasteiger partial charge in [0.25, 0.3) is 0 Å². The lowest BCUT2D eigenvalue weighted by molar-refractivity contribution is 0.141. The van der Waals surface area contributed by atoms with Crippen molar-refractivity contribution in [2.24, 2.45) is 7.05 Å². The number of alkyl halides is 1. The molecule has 0 aromatic carbocycles. The van der Waals surface area contributed by atoms with Crippen molar-refractivity contribution < 1.29 is 4.74 Å². The van der Waals surface area contributed by atoms with Crippen LogP contribution in [0.4, 0.5) is 0 Å². The monoisotopic (exact) mass is 284 g/mol. The summed E-state index contributed by atoms with van der Waals surface area (Å²) >= 11 is 6.24. The molecule has 106 valence electrons. The zero-order chi connectivity index (χ0) is 14.0. The van der Waals surface area contributed by atoms with E-state index in [4.69, 9.17) is 16.3 Å². The minimum atomic E-state index is -0.112. The zero-order valence-electron chi connectivity index (χ0n) is 12.0. The standard InChI is InChI=1S/C13H21ClN4O/c1-5-19-8-6-7-18-12(9(2)14)15-11-10(3)16-17(4)13(11)18/h9H,5-8H2,1-4H3. The fourth-order valence-corrected chi connectivity index (χ4v) is 2.51. The van der Waals surface area contributed by atoms with E-state index >= 15 is 0 Å². The number of halogens is 1. The number of aryl methyl sites for hydroxylation is 3. The number of fused-ring (bicyclic) bond motifs is 1. The third kappa shape index (κ3) is 2.77. The second kappa shape index (κ2) is 5.92. The van der Waals surface area contributed by atoms with Gasteiger partial charge in [0.2, 0.25) is 0 Å². The van der Waals surface area contributed by atoms with Gasteiger partial charge in [0.15, 0.2) is 5.65 Å². The maximum absolute atomic E-state index is 6.24. The minimum absolute atomic E-state index is 0.112. The molecule has 0 fully saturated rings. The van der Waals surface area contributed by atoms with Crippen molar-refractivity contribution in [1.29, 1.82) is 0 Å². The highest BCUT2D eigenvalue weighted by molar-refractivity contribution is 6.20. The summed E-state index contributed by atoms with van der Waals surface area (Å²) in [6, 6.07) is 0. The van der Waals surface area contributed by atoms with Gasteiger partial charge in [-0.3, -0.25) is 4.68 Å². The topological polar surface area (TPSA) is 44.9 Å². The molecule has 1 atom stereocenters. The highest BCUT2D eigenvalue weighted by Gasteiger charge is 2.19. The molecule has 0 amide bonds. The predicted molar refractivity (Wildman–Crippen MR) is 76.6 cm³/mol. The number of ether oxygens (including phenoxy) is 1. The van der Waals surface area contributed by atoms with E-state index in [0.717, 1.165) is 48.9 Å². The number of nitrogens with zero attached hydrogens (tertiary/aromatic N) is 4. The lowest BCUT2D eigenvalue weighted by Crippen LogP contribution is -2.10. The predicted octanol–water partition coefficient (Wildman–Crippen LogP) is 2.80. The summed E-state index contributed by atoms with van der Waals surface area (Å²) in [5.41, 5.74) is 2.93. The molecular formula is C13H21ClN4O. The summed E-state index contributed by atoms with van der Waals surface area (Å²) < 4.78 is 9.43. The van der Waals surface area contributed by atoms with Crippen LogP contribution in [0.25, 0.3) is 11.2 Å². The van der Waals surface area contributed by atoms with Crippen LogP contribution in [0.1, 0.15) is 37.2 Å². The summed E-state index contributed by atoms with van der Waals surface area (Å²) in [4.78, 5) is 4.64. The number of hydrogen-bond donors (Lipinski definition) is 0. The van der Waals surface area contributed by atoms with Gasteiger partial charge in [-0.25, -0.2) is 4.98 Å². The van der Waals surface area contributed by atoms with E-state index in [-0.39, 0.29) is 5.38 Å². The van der Waals surface area contributed by atoms with Crippen LogP contribution in [0.15, 0.2) is 0 Å². The van der Waals surface area contributed by atoms with E-state index in [9.17, 15) is 0 Å². The second-order valence-electron chi connectivity index (χ2n) is 4.67. The number of imidazole rings is 1. The van der Waals surface area contributed by atoms with Gasteiger partial charge in [-0.15, -0.1) is 11.6 Å². The summed E-state index contributed by atoms with van der Waals surface area (Å²) in [6.07, 6.45) is 0.945. The first kappa shape index (κ1) is 14.3. The van der Waals surface area contributed by atoms with Gasteiger partial charge in [-0.1, -0.05) is 0 Å². The Morgan fingerprint density at radius 1 is 1.42 bits per heavy atom. The molecule has 0 saturated heterocycles. The van der Waals surface area contributed by atoms with E-state index in [0.29, 0.717) is 0 Å². The van der Waals surface area contributed by atoms with Crippen molar-refractivity contribution >= 4 is 22.8 Å². The maximum Gasteiger partial charge on any atom is 0.158 e. The number of hydrogen-bond acceptors (Lipinski definition) is 3. The Hall–Kier alpha value is -1.07. The Labute approximate surface area is 118 Å². The van der Waals surface area contributed by atoms with Crippen LogP contribution in [-0.4, -0.2) is 32.5 Å². The highest BCUT2D eigenvalue weighted by Crippen LogP contribution is 2.26. The SMILES string of the molecule is CCOCCCn1c(C(C)Cl)nc2c(C)nn(C)c21. The Kier molecular flexibility index (Phi) is 4.47. The van der Waals surface area contributed by atoms with Crippen LogP contribution in [0, 0.1) is 6.92 Å². The molecule has 1 unspecified atom stereocenters. The fraction of sp³-hybridized carbons (Fsp3) is 0.692. The average molecular weight is 285 g/mol. The van der Waals surface area contributed by atoms with Crippen LogP contribution in [0.3, 0.4) is 0 Å². The lowest BCUT2D eigenvalue weighted by Gasteiger charge is -2.10. The molecule has 0 spiro atoms. The highest BCUT2D eigenvalue weighted by atomic mass is 35.5. The molecule has 2 aromatic heterocycles. The molecule has 2 aromatic rings. The van der Waals surface area contributed by atoms with Crippen LogP contribution in [0.2, 0.25) is 0 Å². The summed E-state index contributed by atoms with van der Waals surface area (Å²) in [6.45, 7) is 8.28. The molecule has 0 aliphatic carbocycles. The fourth-order valence-electron chi connectivity index (χ4n) is 2.34. The van der Waals surface area contributed by atoms with Gasteiger partial charge in [0, 0.05) is 26.8 Å². The summed E-state index contributed by atoms with van der Waals surface area (Å²) in [7, 11) is 1.94. The minimum Gasteiger partial charge on any atom is -0.382 e. The van der Waals surface area contributed by atoms with Crippen molar-refractivity contribution in [2.75, 3.05) is 13.2 Å². The molecule has 2 rings (SSSR count). The van der Waals surface area contributed by atoms with Crippen LogP contribution in [0.5, 0.6) is 0 Å². The van der Waals surface area contributed by atoms with Gasteiger partial charge < -0.3 is 9.30 Å². The van der Waals surface area contributed by atoms with E-state index in [1.807, 2.05) is 32.5 Å². The summed E-state index contributed by atoms with van der Waals surface area (Å²) in [5.74, 6) is 0.907.